The van der Waals surface area contributed by atoms with E-state index in [1.165, 1.54) is 18.9 Å². The number of ether oxygens (including phenoxy) is 1. The van der Waals surface area contributed by atoms with Gasteiger partial charge in [-0.15, -0.1) is 0 Å². The summed E-state index contributed by atoms with van der Waals surface area (Å²) in [5, 5.41) is 0. The number of alkyl halides is 1. The second-order valence-corrected chi connectivity index (χ2v) is 5.06. The fourth-order valence-corrected chi connectivity index (χ4v) is 2.42. The van der Waals surface area contributed by atoms with Gasteiger partial charge in [0.2, 0.25) is 0 Å². The van der Waals surface area contributed by atoms with E-state index >= 15 is 0 Å². The first kappa shape index (κ1) is 11.0. The number of halogens is 2. The van der Waals surface area contributed by atoms with E-state index in [0.717, 1.165) is 18.4 Å². The van der Waals surface area contributed by atoms with Gasteiger partial charge in [-0.25, -0.2) is 8.78 Å². The lowest BCUT2D eigenvalue weighted by Gasteiger charge is -2.22. The molecule has 3 rings (SSSR count). The van der Waals surface area contributed by atoms with E-state index in [1.807, 2.05) is 0 Å². The van der Waals surface area contributed by atoms with Crippen LogP contribution in [0.2, 0.25) is 0 Å². The summed E-state index contributed by atoms with van der Waals surface area (Å²) in [6.07, 6.45) is 3.43. The quantitative estimate of drug-likeness (QED) is 0.774. The maximum absolute atomic E-state index is 13.7. The summed E-state index contributed by atoms with van der Waals surface area (Å²) >= 11 is 0. The van der Waals surface area contributed by atoms with Crippen LogP contribution in [0.5, 0.6) is 5.75 Å². The molecule has 3 heteroatoms. The maximum Gasteiger partial charge on any atom is 0.165 e. The predicted molar refractivity (Wildman–Crippen MR) is 61.4 cm³/mol. The average molecular weight is 238 g/mol. The van der Waals surface area contributed by atoms with Crippen molar-refractivity contribution in [3.63, 3.8) is 0 Å². The van der Waals surface area contributed by atoms with Gasteiger partial charge in [0.25, 0.3) is 0 Å². The van der Waals surface area contributed by atoms with Gasteiger partial charge in [0, 0.05) is 5.56 Å². The van der Waals surface area contributed by atoms with Crippen LogP contribution >= 0.6 is 0 Å². The lowest BCUT2D eigenvalue weighted by atomic mass is 9.89. The Kier molecular flexibility index (Phi) is 2.77. The van der Waals surface area contributed by atoms with Crippen molar-refractivity contribution in [2.24, 2.45) is 5.92 Å². The Hall–Kier alpha value is -1.12. The van der Waals surface area contributed by atoms with E-state index in [4.69, 9.17) is 4.74 Å². The summed E-state index contributed by atoms with van der Waals surface area (Å²) in [6.45, 7) is 0.574. The number of hydrogen-bond acceptors (Lipinski definition) is 1. The molecule has 2 aliphatic carbocycles. The maximum atomic E-state index is 13.7. The van der Waals surface area contributed by atoms with Gasteiger partial charge in [-0.1, -0.05) is 6.07 Å². The first-order valence-corrected chi connectivity index (χ1v) is 6.34. The predicted octanol–water partition coefficient (Wildman–Crippen LogP) is 3.96. The highest BCUT2D eigenvalue weighted by molar-refractivity contribution is 5.44. The molecule has 0 unspecified atom stereocenters. The van der Waals surface area contributed by atoms with E-state index in [9.17, 15) is 8.78 Å². The zero-order valence-corrected chi connectivity index (χ0v) is 9.72. The van der Waals surface area contributed by atoms with Gasteiger partial charge >= 0.3 is 0 Å². The second-order valence-electron chi connectivity index (χ2n) is 5.06. The number of fused-ring (bicyclic) bond motifs is 1. The lowest BCUT2D eigenvalue weighted by molar-refractivity contribution is 0.267. The van der Waals surface area contributed by atoms with E-state index in [0.29, 0.717) is 30.3 Å². The summed E-state index contributed by atoms with van der Waals surface area (Å²) in [5.74, 6) is 0.533. The van der Waals surface area contributed by atoms with Crippen LogP contribution in [0.4, 0.5) is 8.78 Å². The van der Waals surface area contributed by atoms with Crippen LogP contribution in [0.1, 0.15) is 43.0 Å². The van der Waals surface area contributed by atoms with Gasteiger partial charge in [0.15, 0.2) is 11.6 Å². The molecular weight excluding hydrogens is 222 g/mol. The molecular formula is C14H16F2O. The highest BCUT2D eigenvalue weighted by atomic mass is 19.1. The van der Waals surface area contributed by atoms with Crippen LogP contribution in [0.15, 0.2) is 12.1 Å². The first-order chi connectivity index (χ1) is 8.25. The lowest BCUT2D eigenvalue weighted by Crippen LogP contribution is -2.11. The summed E-state index contributed by atoms with van der Waals surface area (Å²) in [4.78, 5) is 0. The molecule has 1 saturated carbocycles. The molecule has 0 saturated heterocycles. The third-order valence-electron chi connectivity index (χ3n) is 3.63. The molecule has 0 aromatic heterocycles. The molecule has 0 N–H and O–H groups in total. The minimum absolute atomic E-state index is 0.303. The van der Waals surface area contributed by atoms with Crippen LogP contribution in [0.25, 0.3) is 0 Å². The molecule has 2 aliphatic rings. The number of benzene rings is 1. The normalized spacial score (nSPS) is 23.3. The van der Waals surface area contributed by atoms with Crippen molar-refractivity contribution in [1.82, 2.24) is 0 Å². The molecule has 92 valence electrons. The highest BCUT2D eigenvalue weighted by Gasteiger charge is 2.27. The molecule has 0 bridgehead atoms. The average Bonchev–Trinajstić information content (AvgIpc) is 3.12. The van der Waals surface area contributed by atoms with Crippen molar-refractivity contribution >= 4 is 0 Å². The smallest absolute Gasteiger partial charge is 0.165 e. The Bertz CT molecular complexity index is 426. The Morgan fingerprint density at radius 1 is 1.24 bits per heavy atom. The molecule has 0 heterocycles. The first-order valence-electron chi connectivity index (χ1n) is 6.34. The van der Waals surface area contributed by atoms with E-state index in [-0.39, 0.29) is 5.82 Å². The van der Waals surface area contributed by atoms with Crippen LogP contribution in [-0.4, -0.2) is 6.61 Å². The van der Waals surface area contributed by atoms with Crippen LogP contribution in [0.3, 0.4) is 0 Å². The fraction of sp³-hybridized carbons (Fsp3) is 0.571. The Balaban J connectivity index is 1.90. The van der Waals surface area contributed by atoms with E-state index in [1.54, 1.807) is 6.07 Å². The van der Waals surface area contributed by atoms with Crippen LogP contribution in [0, 0.1) is 11.7 Å². The molecule has 0 spiro atoms. The Morgan fingerprint density at radius 3 is 2.82 bits per heavy atom. The molecule has 0 amide bonds. The molecule has 1 fully saturated rings. The van der Waals surface area contributed by atoms with Crippen LogP contribution in [-0.2, 0) is 6.42 Å². The van der Waals surface area contributed by atoms with Crippen molar-refractivity contribution in [2.45, 2.75) is 38.3 Å². The molecule has 17 heavy (non-hydrogen) atoms. The molecule has 0 aliphatic heterocycles. The van der Waals surface area contributed by atoms with Crippen molar-refractivity contribution in [2.75, 3.05) is 6.61 Å². The molecule has 0 radical (unpaired) electrons. The van der Waals surface area contributed by atoms with Crippen LogP contribution < -0.4 is 4.74 Å². The Labute approximate surface area is 99.8 Å². The van der Waals surface area contributed by atoms with Crippen molar-refractivity contribution in [1.29, 1.82) is 0 Å². The zero-order valence-electron chi connectivity index (χ0n) is 9.72. The second kappa shape index (κ2) is 4.28. The molecule has 1 aromatic carbocycles. The van der Waals surface area contributed by atoms with Gasteiger partial charge in [0.1, 0.15) is 6.17 Å². The fourth-order valence-electron chi connectivity index (χ4n) is 2.42. The zero-order chi connectivity index (χ0) is 11.8. The van der Waals surface area contributed by atoms with Gasteiger partial charge in [-0.2, -0.15) is 0 Å². The molecule has 1 atom stereocenters. The van der Waals surface area contributed by atoms with Gasteiger partial charge in [0.05, 0.1) is 6.61 Å². The van der Waals surface area contributed by atoms with Crippen molar-refractivity contribution < 1.29 is 13.5 Å². The number of hydrogen-bond donors (Lipinski definition) is 0. The van der Waals surface area contributed by atoms with Gasteiger partial charge in [-0.05, 0) is 49.7 Å². The van der Waals surface area contributed by atoms with Gasteiger partial charge < -0.3 is 4.74 Å². The Morgan fingerprint density at radius 2 is 2.06 bits per heavy atom. The third-order valence-corrected chi connectivity index (χ3v) is 3.63. The largest absolute Gasteiger partial charge is 0.490 e. The van der Waals surface area contributed by atoms with E-state index in [2.05, 4.69) is 0 Å². The summed E-state index contributed by atoms with van der Waals surface area (Å²) < 4.78 is 33.0. The third kappa shape index (κ3) is 2.15. The SMILES string of the molecule is Fc1ccc2c(c1OCC1CC1)CCC[C@H]2F. The summed E-state index contributed by atoms with van der Waals surface area (Å²) in [6, 6.07) is 2.90. The minimum atomic E-state index is -0.956. The monoisotopic (exact) mass is 238 g/mol. The van der Waals surface area contributed by atoms with Crippen molar-refractivity contribution in [3.05, 3.63) is 29.1 Å². The number of rotatable bonds is 3. The highest BCUT2D eigenvalue weighted by Crippen LogP contribution is 2.39. The van der Waals surface area contributed by atoms with Crippen molar-refractivity contribution in [3.8, 4) is 5.75 Å². The molecule has 1 aromatic rings. The topological polar surface area (TPSA) is 9.23 Å². The van der Waals surface area contributed by atoms with E-state index < -0.39 is 6.17 Å². The molecule has 1 nitrogen and oxygen atoms in total. The standard InChI is InChI=1S/C14H16F2O/c15-12-3-1-2-11-10(12)6-7-13(16)14(11)17-8-9-4-5-9/h6-7,9,12H,1-5,8H2/t12-/m1/s1. The van der Waals surface area contributed by atoms with Gasteiger partial charge in [-0.3, -0.25) is 0 Å². The summed E-state index contributed by atoms with van der Waals surface area (Å²) in [5.41, 5.74) is 1.38. The minimum Gasteiger partial charge on any atom is -0.490 e. The summed E-state index contributed by atoms with van der Waals surface area (Å²) in [7, 11) is 0.